The number of nitrogens with one attached hydrogen (secondary N) is 2. The SMILES string of the molecule is CN(C)CCN(CCN(CC(=O)O)CC(=O)NCCNOCCN(C)CCN(CCN(CC(=O)O)CC(=O)O)CC(=O)O)CC(=O)O. The minimum atomic E-state index is -1.18. The number of likely N-dealkylation sites (N-methyl/N-ethyl adjacent to an activating group) is 2. The zero-order valence-corrected chi connectivity index (χ0v) is 27.5. The van der Waals surface area contributed by atoms with Gasteiger partial charge in [-0.25, -0.2) is 5.48 Å². The quantitative estimate of drug-likeness (QED) is 0.0270. The molecule has 7 N–H and O–H groups in total. The zero-order valence-electron chi connectivity index (χ0n) is 27.5. The number of nitrogens with zero attached hydrogens (tertiary/aromatic N) is 6. The van der Waals surface area contributed by atoms with Crippen molar-refractivity contribution < 1.29 is 59.1 Å². The Hall–Kier alpha value is -3.50. The monoisotopic (exact) mass is 680 g/mol. The van der Waals surface area contributed by atoms with Crippen LogP contribution in [0.2, 0.25) is 0 Å². The lowest BCUT2D eigenvalue weighted by Gasteiger charge is -2.26. The highest BCUT2D eigenvalue weighted by atomic mass is 16.6. The Kier molecular flexibility index (Phi) is 23.7. The molecule has 1 amide bonds. The molecule has 0 aliphatic heterocycles. The van der Waals surface area contributed by atoms with Crippen molar-refractivity contribution in [1.29, 1.82) is 0 Å². The van der Waals surface area contributed by atoms with Gasteiger partial charge in [0.1, 0.15) is 0 Å². The molecule has 0 aromatic carbocycles. The van der Waals surface area contributed by atoms with E-state index >= 15 is 0 Å². The third kappa shape index (κ3) is 27.3. The summed E-state index contributed by atoms with van der Waals surface area (Å²) in [4.78, 5) is 83.2. The molecule has 0 bridgehead atoms. The number of hydrogen-bond donors (Lipinski definition) is 7. The highest BCUT2D eigenvalue weighted by Crippen LogP contribution is 1.97. The van der Waals surface area contributed by atoms with Crippen LogP contribution in [0, 0.1) is 0 Å². The fourth-order valence-electron chi connectivity index (χ4n) is 4.11. The number of carbonyl (C=O) groups excluding carboxylic acids is 1. The number of rotatable bonds is 31. The second-order valence-corrected chi connectivity index (χ2v) is 11.1. The molecule has 0 saturated heterocycles. The summed E-state index contributed by atoms with van der Waals surface area (Å²) >= 11 is 0. The van der Waals surface area contributed by atoms with E-state index in [0.717, 1.165) is 0 Å². The van der Waals surface area contributed by atoms with Crippen molar-refractivity contribution in [2.45, 2.75) is 0 Å². The molecule has 0 aliphatic carbocycles. The first-order valence-corrected chi connectivity index (χ1v) is 15.0. The predicted octanol–water partition coefficient (Wildman–Crippen LogP) is -4.25. The van der Waals surface area contributed by atoms with Crippen LogP contribution < -0.4 is 10.8 Å². The molecule has 47 heavy (non-hydrogen) atoms. The largest absolute Gasteiger partial charge is 0.480 e. The molecule has 0 heterocycles. The summed E-state index contributed by atoms with van der Waals surface area (Å²) in [5, 5.41) is 48.2. The van der Waals surface area contributed by atoms with Gasteiger partial charge < -0.3 is 45.5 Å². The Bertz CT molecular complexity index is 958. The normalized spacial score (nSPS) is 11.7. The van der Waals surface area contributed by atoms with Gasteiger partial charge in [-0.05, 0) is 21.1 Å². The topological polar surface area (TPSA) is 256 Å². The molecule has 20 nitrogen and oxygen atoms in total. The predicted molar refractivity (Wildman–Crippen MR) is 167 cm³/mol. The second-order valence-electron chi connectivity index (χ2n) is 11.1. The Labute approximate surface area is 274 Å². The van der Waals surface area contributed by atoms with E-state index in [9.17, 15) is 39.0 Å². The van der Waals surface area contributed by atoms with Crippen molar-refractivity contribution in [3.05, 3.63) is 0 Å². The van der Waals surface area contributed by atoms with Crippen molar-refractivity contribution in [3.8, 4) is 0 Å². The van der Waals surface area contributed by atoms with E-state index in [0.29, 0.717) is 32.7 Å². The summed E-state index contributed by atoms with van der Waals surface area (Å²) in [5.74, 6) is -5.93. The lowest BCUT2D eigenvalue weighted by Crippen LogP contribution is -2.46. The summed E-state index contributed by atoms with van der Waals surface area (Å²) in [6, 6.07) is 0. The molecule has 0 rings (SSSR count). The first-order chi connectivity index (χ1) is 22.1. The number of aliphatic carboxylic acids is 5. The van der Waals surface area contributed by atoms with Gasteiger partial charge in [0.2, 0.25) is 5.91 Å². The lowest BCUT2D eigenvalue weighted by atomic mass is 10.3. The average molecular weight is 681 g/mol. The van der Waals surface area contributed by atoms with E-state index in [1.165, 1.54) is 9.80 Å². The van der Waals surface area contributed by atoms with Crippen LogP contribution in [-0.4, -0.2) is 230 Å². The summed E-state index contributed by atoms with van der Waals surface area (Å²) in [6.45, 7) is 1.81. The smallest absolute Gasteiger partial charge is 0.317 e. The first-order valence-electron chi connectivity index (χ1n) is 15.0. The van der Waals surface area contributed by atoms with Crippen LogP contribution in [0.1, 0.15) is 0 Å². The van der Waals surface area contributed by atoms with E-state index in [2.05, 4.69) is 10.8 Å². The van der Waals surface area contributed by atoms with E-state index in [-0.39, 0.29) is 72.1 Å². The van der Waals surface area contributed by atoms with Gasteiger partial charge in [-0.3, -0.25) is 48.4 Å². The standard InChI is InChI=1S/C27H52N8O12/c1-30(2)6-8-32(17-23(37)38)10-12-34(19-25(41)42)16-22(36)28-4-5-29-47-15-14-31(3)7-9-33(18-24(39)40)11-13-35(20-26(43)44)21-27(45)46/h29H,4-21H2,1-3H3,(H,28,36)(H,37,38)(H,39,40)(H,41,42)(H,43,44)(H,45,46). The van der Waals surface area contributed by atoms with Crippen molar-refractivity contribution in [1.82, 2.24) is 40.2 Å². The van der Waals surface area contributed by atoms with Crippen LogP contribution in [0.3, 0.4) is 0 Å². The number of carbonyl (C=O) groups is 6. The summed E-state index contributed by atoms with van der Waals surface area (Å²) in [7, 11) is 5.52. The molecule has 0 fully saturated rings. The zero-order chi connectivity index (χ0) is 35.8. The maximum atomic E-state index is 12.4. The van der Waals surface area contributed by atoms with Gasteiger partial charge in [0, 0.05) is 72.0 Å². The van der Waals surface area contributed by atoms with Gasteiger partial charge >= 0.3 is 29.8 Å². The fourth-order valence-corrected chi connectivity index (χ4v) is 4.11. The second kappa shape index (κ2) is 25.6. The minimum Gasteiger partial charge on any atom is -0.480 e. The first kappa shape index (κ1) is 43.5. The molecule has 0 aromatic heterocycles. The summed E-state index contributed by atoms with van der Waals surface area (Å²) in [5.41, 5.74) is 2.71. The van der Waals surface area contributed by atoms with Crippen molar-refractivity contribution >= 4 is 35.8 Å². The maximum Gasteiger partial charge on any atom is 0.317 e. The average Bonchev–Trinajstić information content (AvgIpc) is 2.93. The maximum absolute atomic E-state index is 12.4. The summed E-state index contributed by atoms with van der Waals surface area (Å²) in [6.07, 6.45) is 0. The van der Waals surface area contributed by atoms with E-state index in [4.69, 9.17) is 20.2 Å². The van der Waals surface area contributed by atoms with Crippen LogP contribution >= 0.6 is 0 Å². The Morgan fingerprint density at radius 2 is 0.872 bits per heavy atom. The number of amides is 1. The van der Waals surface area contributed by atoms with Crippen molar-refractivity contribution in [2.24, 2.45) is 0 Å². The molecule has 272 valence electrons. The molecule has 0 atom stereocenters. The van der Waals surface area contributed by atoms with Crippen LogP contribution in [-0.2, 0) is 33.6 Å². The van der Waals surface area contributed by atoms with Gasteiger partial charge in [0.25, 0.3) is 0 Å². The highest BCUT2D eigenvalue weighted by molar-refractivity contribution is 5.79. The fraction of sp³-hybridized carbons (Fsp3) is 0.778. The Morgan fingerprint density at radius 3 is 1.32 bits per heavy atom. The van der Waals surface area contributed by atoms with Gasteiger partial charge in [-0.2, -0.15) is 0 Å². The third-order valence-electron chi connectivity index (χ3n) is 6.51. The van der Waals surface area contributed by atoms with Crippen molar-refractivity contribution in [3.63, 3.8) is 0 Å². The van der Waals surface area contributed by atoms with Gasteiger partial charge in [-0.15, -0.1) is 0 Å². The molecule has 0 saturated carbocycles. The van der Waals surface area contributed by atoms with Crippen LogP contribution in [0.4, 0.5) is 0 Å². The van der Waals surface area contributed by atoms with Gasteiger partial charge in [0.05, 0.1) is 45.9 Å². The molecule has 0 aliphatic rings. The molecule has 0 radical (unpaired) electrons. The number of carboxylic acids is 5. The highest BCUT2D eigenvalue weighted by Gasteiger charge is 2.18. The molecule has 20 heteroatoms. The molecule has 0 unspecified atom stereocenters. The van der Waals surface area contributed by atoms with E-state index in [1.807, 2.05) is 23.9 Å². The lowest BCUT2D eigenvalue weighted by molar-refractivity contribution is -0.143. The number of hydroxylamine groups is 1. The number of hydrogen-bond acceptors (Lipinski definition) is 14. The third-order valence-corrected chi connectivity index (χ3v) is 6.51. The van der Waals surface area contributed by atoms with E-state index < -0.39 is 48.8 Å². The van der Waals surface area contributed by atoms with E-state index in [1.54, 1.807) is 16.8 Å². The van der Waals surface area contributed by atoms with Gasteiger partial charge in [0.15, 0.2) is 0 Å². The minimum absolute atomic E-state index is 0.0687. The number of carboxylic acid groups (broad SMARTS) is 5. The molecular weight excluding hydrogens is 628 g/mol. The Balaban J connectivity index is 4.44. The van der Waals surface area contributed by atoms with Crippen LogP contribution in [0.25, 0.3) is 0 Å². The van der Waals surface area contributed by atoms with Crippen LogP contribution in [0.15, 0.2) is 0 Å². The molecule has 0 spiro atoms. The molecular formula is C27H52N8O12. The summed E-state index contributed by atoms with van der Waals surface area (Å²) < 4.78 is 0. The molecule has 0 aromatic rings. The van der Waals surface area contributed by atoms with Gasteiger partial charge in [-0.1, -0.05) is 0 Å². The van der Waals surface area contributed by atoms with Crippen molar-refractivity contribution in [2.75, 3.05) is 139 Å². The van der Waals surface area contributed by atoms with Crippen LogP contribution in [0.5, 0.6) is 0 Å². The Morgan fingerprint density at radius 1 is 0.489 bits per heavy atom.